The van der Waals surface area contributed by atoms with Crippen LogP contribution in [-0.4, -0.2) is 9.97 Å². The molecule has 2 aromatic rings. The van der Waals surface area contributed by atoms with Crippen molar-refractivity contribution in [2.45, 2.75) is 35.7 Å². The summed E-state index contributed by atoms with van der Waals surface area (Å²) in [4.78, 5) is 9.86. The largest absolute Gasteiger partial charge is 0.325 e. The minimum atomic E-state index is 0.441. The topological polar surface area (TPSA) is 51.8 Å². The molecule has 0 bridgehead atoms. The molecule has 0 unspecified atom stereocenters. The molecule has 1 aromatic heterocycles. The van der Waals surface area contributed by atoms with Crippen LogP contribution in [0.4, 0.5) is 0 Å². The Morgan fingerprint density at radius 2 is 2.00 bits per heavy atom. The van der Waals surface area contributed by atoms with Gasteiger partial charge in [0.15, 0.2) is 0 Å². The maximum Gasteiger partial charge on any atom is 0.119 e. The highest BCUT2D eigenvalue weighted by Gasteiger charge is 2.11. The highest BCUT2D eigenvalue weighted by atomic mass is 32.2. The van der Waals surface area contributed by atoms with Crippen molar-refractivity contribution >= 4 is 11.8 Å². The number of hydrogen-bond acceptors (Lipinski definition) is 4. The number of nitrogens with zero attached hydrogens (tertiary/aromatic N) is 2. The van der Waals surface area contributed by atoms with E-state index in [-0.39, 0.29) is 0 Å². The lowest BCUT2D eigenvalue weighted by atomic mass is 10.1. The van der Waals surface area contributed by atoms with Crippen LogP contribution in [0.25, 0.3) is 0 Å². The van der Waals surface area contributed by atoms with Gasteiger partial charge in [0.25, 0.3) is 0 Å². The van der Waals surface area contributed by atoms with Gasteiger partial charge in [-0.05, 0) is 42.5 Å². The van der Waals surface area contributed by atoms with Crippen LogP contribution in [0.15, 0.2) is 40.5 Å². The summed E-state index contributed by atoms with van der Waals surface area (Å²) in [5.41, 5.74) is 9.33. The Labute approximate surface area is 111 Å². The average molecular weight is 257 g/mol. The van der Waals surface area contributed by atoms with Crippen molar-refractivity contribution in [3.05, 3.63) is 47.4 Å². The molecule has 4 heteroatoms. The molecule has 0 saturated carbocycles. The number of benzene rings is 1. The van der Waals surface area contributed by atoms with E-state index in [0.29, 0.717) is 6.54 Å². The zero-order valence-corrected chi connectivity index (χ0v) is 10.9. The zero-order valence-electron chi connectivity index (χ0n) is 10.1. The van der Waals surface area contributed by atoms with Gasteiger partial charge >= 0.3 is 0 Å². The molecule has 0 spiro atoms. The van der Waals surface area contributed by atoms with E-state index in [1.807, 2.05) is 0 Å². The fourth-order valence-electron chi connectivity index (χ4n) is 2.23. The minimum absolute atomic E-state index is 0.441. The van der Waals surface area contributed by atoms with Crippen LogP contribution in [0.2, 0.25) is 0 Å². The first kappa shape index (κ1) is 11.7. The fourth-order valence-corrected chi connectivity index (χ4v) is 3.02. The molecule has 0 amide bonds. The third-order valence-corrected chi connectivity index (χ3v) is 4.09. The fraction of sp³-hybridized carbons (Fsp3) is 0.286. The summed E-state index contributed by atoms with van der Waals surface area (Å²) in [6.45, 7) is 0.441. The van der Waals surface area contributed by atoms with Crippen molar-refractivity contribution in [3.63, 3.8) is 0 Å². The third-order valence-electron chi connectivity index (χ3n) is 3.18. The second kappa shape index (κ2) is 5.08. The van der Waals surface area contributed by atoms with Gasteiger partial charge in [-0.1, -0.05) is 17.8 Å². The summed E-state index contributed by atoms with van der Waals surface area (Å²) in [6, 6.07) is 6.70. The number of aryl methyl sites for hydroxylation is 2. The van der Waals surface area contributed by atoms with Crippen molar-refractivity contribution in [2.75, 3.05) is 0 Å². The maximum absolute atomic E-state index is 5.50. The van der Waals surface area contributed by atoms with Crippen LogP contribution < -0.4 is 5.73 Å². The molecular weight excluding hydrogens is 242 g/mol. The number of nitrogens with two attached hydrogens (primary N) is 1. The maximum atomic E-state index is 5.50. The van der Waals surface area contributed by atoms with E-state index in [1.54, 1.807) is 24.2 Å². The molecule has 3 nitrogen and oxygen atoms in total. The monoisotopic (exact) mass is 257 g/mol. The molecule has 0 saturated heterocycles. The lowest BCUT2D eigenvalue weighted by Gasteiger charge is -2.04. The Balaban J connectivity index is 1.79. The van der Waals surface area contributed by atoms with E-state index in [0.717, 1.165) is 10.7 Å². The molecule has 1 aliphatic rings. The molecule has 0 radical (unpaired) electrons. The van der Waals surface area contributed by atoms with Gasteiger partial charge in [-0.15, -0.1) is 0 Å². The Kier molecular flexibility index (Phi) is 3.30. The lowest BCUT2D eigenvalue weighted by molar-refractivity contribution is 0.911. The molecule has 3 rings (SSSR count). The van der Waals surface area contributed by atoms with Gasteiger partial charge in [0, 0.05) is 11.4 Å². The molecule has 92 valence electrons. The van der Waals surface area contributed by atoms with Crippen LogP contribution in [0.3, 0.4) is 0 Å². The molecule has 1 aliphatic carbocycles. The summed E-state index contributed by atoms with van der Waals surface area (Å²) >= 11 is 1.66. The molecule has 1 heterocycles. The summed E-state index contributed by atoms with van der Waals surface area (Å²) in [7, 11) is 0. The van der Waals surface area contributed by atoms with Gasteiger partial charge < -0.3 is 5.73 Å². The Morgan fingerprint density at radius 3 is 2.78 bits per heavy atom. The van der Waals surface area contributed by atoms with Crippen LogP contribution in [0, 0.1) is 0 Å². The van der Waals surface area contributed by atoms with Crippen LogP contribution >= 0.6 is 11.8 Å². The predicted octanol–water partition coefficient (Wildman–Crippen LogP) is 2.58. The van der Waals surface area contributed by atoms with Gasteiger partial charge in [0.1, 0.15) is 5.03 Å². The molecule has 18 heavy (non-hydrogen) atoms. The van der Waals surface area contributed by atoms with Crippen molar-refractivity contribution in [1.82, 2.24) is 9.97 Å². The highest BCUT2D eigenvalue weighted by molar-refractivity contribution is 7.99. The number of fused-ring (bicyclic) bond motifs is 1. The molecule has 2 N–H and O–H groups in total. The average Bonchev–Trinajstić information content (AvgIpc) is 2.87. The second-order valence-electron chi connectivity index (χ2n) is 4.44. The number of hydrogen-bond donors (Lipinski definition) is 1. The summed E-state index contributed by atoms with van der Waals surface area (Å²) in [5, 5.41) is 0.921. The van der Waals surface area contributed by atoms with Gasteiger partial charge in [-0.25, -0.2) is 4.98 Å². The van der Waals surface area contributed by atoms with Crippen molar-refractivity contribution in [1.29, 1.82) is 0 Å². The summed E-state index contributed by atoms with van der Waals surface area (Å²) < 4.78 is 0. The lowest BCUT2D eigenvalue weighted by Crippen LogP contribution is -1.99. The van der Waals surface area contributed by atoms with Crippen molar-refractivity contribution in [2.24, 2.45) is 5.73 Å². The zero-order chi connectivity index (χ0) is 12.4. The Morgan fingerprint density at radius 1 is 1.11 bits per heavy atom. The summed E-state index contributed by atoms with van der Waals surface area (Å²) in [6.07, 6.45) is 7.26. The molecule has 0 aliphatic heterocycles. The Bertz CT molecular complexity index is 551. The highest BCUT2D eigenvalue weighted by Crippen LogP contribution is 2.30. The van der Waals surface area contributed by atoms with Crippen LogP contribution in [-0.2, 0) is 19.4 Å². The first-order valence-electron chi connectivity index (χ1n) is 6.16. The van der Waals surface area contributed by atoms with E-state index >= 15 is 0 Å². The molecule has 0 fully saturated rings. The molecule has 0 atom stereocenters. The number of rotatable bonds is 3. The van der Waals surface area contributed by atoms with E-state index in [4.69, 9.17) is 5.73 Å². The predicted molar refractivity (Wildman–Crippen MR) is 72.5 cm³/mol. The van der Waals surface area contributed by atoms with Crippen molar-refractivity contribution in [3.8, 4) is 0 Å². The van der Waals surface area contributed by atoms with Crippen molar-refractivity contribution < 1.29 is 0 Å². The van der Waals surface area contributed by atoms with Gasteiger partial charge in [-0.2, -0.15) is 0 Å². The number of aromatic nitrogens is 2. The first-order chi connectivity index (χ1) is 8.85. The van der Waals surface area contributed by atoms with Gasteiger partial charge in [0.2, 0.25) is 0 Å². The van der Waals surface area contributed by atoms with Crippen LogP contribution in [0.5, 0.6) is 0 Å². The second-order valence-corrected chi connectivity index (χ2v) is 5.53. The summed E-state index contributed by atoms with van der Waals surface area (Å²) in [5.74, 6) is 0. The van der Waals surface area contributed by atoms with E-state index in [2.05, 4.69) is 28.2 Å². The minimum Gasteiger partial charge on any atom is -0.325 e. The molecule has 1 aromatic carbocycles. The quantitative estimate of drug-likeness (QED) is 0.918. The van der Waals surface area contributed by atoms with E-state index < -0.39 is 0 Å². The normalized spacial score (nSPS) is 13.6. The molecular formula is C14H15N3S. The SMILES string of the molecule is NCc1cnc(Sc2ccc3c(c2)CCC3)cn1. The van der Waals surface area contributed by atoms with Gasteiger partial charge in [0.05, 0.1) is 18.1 Å². The first-order valence-corrected chi connectivity index (χ1v) is 6.97. The van der Waals surface area contributed by atoms with E-state index in [1.165, 1.54) is 35.3 Å². The van der Waals surface area contributed by atoms with Crippen LogP contribution in [0.1, 0.15) is 23.2 Å². The smallest absolute Gasteiger partial charge is 0.119 e. The Hall–Kier alpha value is -1.39. The van der Waals surface area contributed by atoms with E-state index in [9.17, 15) is 0 Å². The van der Waals surface area contributed by atoms with Gasteiger partial charge in [-0.3, -0.25) is 4.98 Å². The standard InChI is InChI=1S/C14H15N3S/c15-7-12-8-17-14(9-16-12)18-13-5-4-10-2-1-3-11(10)6-13/h4-6,8-9H,1-3,7,15H2. The third kappa shape index (κ3) is 2.40.